The van der Waals surface area contributed by atoms with Crippen LogP contribution in [0.3, 0.4) is 0 Å². The van der Waals surface area contributed by atoms with Gasteiger partial charge in [-0.2, -0.15) is 5.10 Å². The Bertz CT molecular complexity index is 1240. The minimum atomic E-state index is -0.455. The van der Waals surface area contributed by atoms with E-state index in [-0.39, 0.29) is 41.7 Å². The summed E-state index contributed by atoms with van der Waals surface area (Å²) in [7, 11) is 1.54. The Hall–Kier alpha value is -3.07. The molecule has 0 aromatic carbocycles. The number of hydrogen-bond donors (Lipinski definition) is 1. The topological polar surface area (TPSA) is 92.7 Å². The zero-order chi connectivity index (χ0) is 23.9. The van der Waals surface area contributed by atoms with E-state index >= 15 is 0 Å². The predicted molar refractivity (Wildman–Crippen MR) is 123 cm³/mol. The van der Waals surface area contributed by atoms with Crippen molar-refractivity contribution in [2.45, 2.75) is 46.1 Å². The highest BCUT2D eigenvalue weighted by Crippen LogP contribution is 2.35. The number of rotatable bonds is 6. The Morgan fingerprint density at radius 2 is 2.12 bits per heavy atom. The molecule has 0 amide bonds. The maximum absolute atomic E-state index is 14.1. The number of anilines is 1. The molecule has 0 radical (unpaired) electrons. The first-order valence-electron chi connectivity index (χ1n) is 11.2. The van der Waals surface area contributed by atoms with Crippen molar-refractivity contribution in [3.8, 4) is 0 Å². The van der Waals surface area contributed by atoms with Crippen molar-refractivity contribution in [1.29, 1.82) is 0 Å². The molecule has 8 nitrogen and oxygen atoms in total. The second-order valence-electron chi connectivity index (χ2n) is 9.87. The number of halogens is 1. The lowest BCUT2D eigenvalue weighted by molar-refractivity contribution is 0.0819. The van der Waals surface area contributed by atoms with Gasteiger partial charge in [-0.3, -0.25) is 9.59 Å². The van der Waals surface area contributed by atoms with E-state index in [4.69, 9.17) is 4.98 Å². The van der Waals surface area contributed by atoms with Gasteiger partial charge >= 0.3 is 0 Å². The summed E-state index contributed by atoms with van der Waals surface area (Å²) in [5, 5.41) is 14.0. The van der Waals surface area contributed by atoms with Crippen LogP contribution in [0.1, 0.15) is 62.0 Å². The van der Waals surface area contributed by atoms with Crippen molar-refractivity contribution in [3.63, 3.8) is 0 Å². The molecule has 1 N–H and O–H groups in total. The molecular weight excluding hydrogens is 425 g/mol. The summed E-state index contributed by atoms with van der Waals surface area (Å²) in [6.07, 6.45) is 6.16. The summed E-state index contributed by atoms with van der Waals surface area (Å²) < 4.78 is 16.9. The van der Waals surface area contributed by atoms with Crippen LogP contribution in [0.5, 0.6) is 0 Å². The van der Waals surface area contributed by atoms with Gasteiger partial charge < -0.3 is 14.6 Å². The maximum atomic E-state index is 14.1. The van der Waals surface area contributed by atoms with Crippen molar-refractivity contribution < 1.29 is 14.3 Å². The molecule has 1 aliphatic heterocycles. The van der Waals surface area contributed by atoms with E-state index in [2.05, 4.69) is 5.10 Å². The number of carbonyl (C=O) groups excluding carboxylic acids is 1. The second kappa shape index (κ2) is 8.70. The molecule has 0 spiro atoms. The summed E-state index contributed by atoms with van der Waals surface area (Å²) >= 11 is 0. The Balaban J connectivity index is 1.69. The van der Waals surface area contributed by atoms with E-state index in [1.807, 2.05) is 25.7 Å². The van der Waals surface area contributed by atoms with Gasteiger partial charge in [0.1, 0.15) is 11.6 Å². The smallest absolute Gasteiger partial charge is 0.255 e. The zero-order valence-corrected chi connectivity index (χ0v) is 19.5. The first kappa shape index (κ1) is 23.1. The number of aliphatic hydroxyl groups is 1. The number of Topliss-reactive ketones (excluding diaryl/α,β-unsaturated/α-hetero) is 1. The Kier molecular flexibility index (Phi) is 6.09. The van der Waals surface area contributed by atoms with Crippen molar-refractivity contribution in [2.75, 3.05) is 18.1 Å². The lowest BCUT2D eigenvalue weighted by Gasteiger charge is -2.28. The number of fused-ring (bicyclic) bond motifs is 1. The molecule has 0 aliphatic carbocycles. The molecule has 0 saturated carbocycles. The Labute approximate surface area is 191 Å². The van der Waals surface area contributed by atoms with Crippen LogP contribution in [0.25, 0.3) is 5.65 Å². The van der Waals surface area contributed by atoms with Gasteiger partial charge in [0.2, 0.25) is 0 Å². The minimum Gasteiger partial charge on any atom is -0.396 e. The van der Waals surface area contributed by atoms with Crippen LogP contribution in [-0.4, -0.2) is 43.2 Å². The number of nitrogens with zero attached hydrogens (tertiary/aromatic N) is 5. The maximum Gasteiger partial charge on any atom is 0.255 e. The summed E-state index contributed by atoms with van der Waals surface area (Å²) in [5.41, 5.74) is 0.786. The fourth-order valence-corrected chi connectivity index (χ4v) is 4.49. The van der Waals surface area contributed by atoms with Gasteiger partial charge in [-0.05, 0) is 36.3 Å². The summed E-state index contributed by atoms with van der Waals surface area (Å²) in [4.78, 5) is 32.5. The molecular formula is C24H30FN5O3. The number of hydrogen-bond acceptors (Lipinski definition) is 6. The minimum absolute atomic E-state index is 0.0782. The molecule has 1 aliphatic rings. The second-order valence-corrected chi connectivity index (χ2v) is 9.87. The monoisotopic (exact) mass is 455 g/mol. The third kappa shape index (κ3) is 4.42. The van der Waals surface area contributed by atoms with Gasteiger partial charge in [-0.1, -0.05) is 20.8 Å². The molecule has 3 aromatic heterocycles. The molecule has 0 unspecified atom stereocenters. The fraction of sp³-hybridized carbons (Fsp3) is 0.500. The quantitative estimate of drug-likeness (QED) is 0.574. The molecule has 176 valence electrons. The van der Waals surface area contributed by atoms with Crippen LogP contribution < -0.4 is 10.5 Å². The third-order valence-corrected chi connectivity index (χ3v) is 6.62. The van der Waals surface area contributed by atoms with Gasteiger partial charge in [0.15, 0.2) is 11.4 Å². The van der Waals surface area contributed by atoms with E-state index < -0.39 is 5.82 Å². The largest absolute Gasteiger partial charge is 0.396 e. The number of aliphatic hydroxyl groups excluding tert-OH is 1. The lowest BCUT2D eigenvalue weighted by atomic mass is 9.78. The highest BCUT2D eigenvalue weighted by Gasteiger charge is 2.31. The fourth-order valence-electron chi connectivity index (χ4n) is 4.49. The molecule has 4 heterocycles. The third-order valence-electron chi connectivity index (χ3n) is 6.62. The highest BCUT2D eigenvalue weighted by molar-refractivity contribution is 6.01. The van der Waals surface area contributed by atoms with Crippen LogP contribution in [0.2, 0.25) is 0 Å². The molecule has 3 aromatic rings. The molecule has 33 heavy (non-hydrogen) atoms. The van der Waals surface area contributed by atoms with E-state index in [1.54, 1.807) is 23.8 Å². The van der Waals surface area contributed by atoms with Crippen molar-refractivity contribution in [1.82, 2.24) is 19.2 Å². The van der Waals surface area contributed by atoms with Crippen molar-refractivity contribution >= 4 is 17.2 Å². The lowest BCUT2D eigenvalue weighted by Crippen LogP contribution is -2.31. The Morgan fingerprint density at radius 3 is 2.82 bits per heavy atom. The van der Waals surface area contributed by atoms with Crippen LogP contribution in [0.15, 0.2) is 35.5 Å². The average Bonchev–Trinajstić information content (AvgIpc) is 3.40. The number of carbonyl (C=O) groups is 1. The first-order valence-corrected chi connectivity index (χ1v) is 11.2. The molecule has 4 rings (SSSR count). The van der Waals surface area contributed by atoms with Gasteiger partial charge in [-0.25, -0.2) is 13.9 Å². The van der Waals surface area contributed by atoms with E-state index in [0.717, 1.165) is 6.42 Å². The van der Waals surface area contributed by atoms with Crippen LogP contribution in [0.4, 0.5) is 10.2 Å². The highest BCUT2D eigenvalue weighted by atomic mass is 19.1. The summed E-state index contributed by atoms with van der Waals surface area (Å²) in [6.45, 7) is 6.58. The van der Waals surface area contributed by atoms with Gasteiger partial charge in [0.05, 0.1) is 17.8 Å². The Morgan fingerprint density at radius 1 is 1.36 bits per heavy atom. The van der Waals surface area contributed by atoms with E-state index in [9.17, 15) is 19.1 Å². The van der Waals surface area contributed by atoms with Crippen LogP contribution in [0, 0.1) is 17.2 Å². The first-order chi connectivity index (χ1) is 15.6. The summed E-state index contributed by atoms with van der Waals surface area (Å²) in [5.74, 6) is -0.153. The number of ketones is 1. The molecule has 0 bridgehead atoms. The predicted octanol–water partition coefficient (Wildman–Crippen LogP) is 3.14. The number of aryl methyl sites for hydroxylation is 1. The molecule has 2 atom stereocenters. The van der Waals surface area contributed by atoms with E-state index in [0.29, 0.717) is 35.6 Å². The SMILES string of the molecule is Cn1cc(F)cc([C@H]2CCCN2c2ccn3ncc(C(=O)C[C@H](CO)C(C)(C)C)c3n2)c1=O. The number of aromatic nitrogens is 4. The summed E-state index contributed by atoms with van der Waals surface area (Å²) in [6, 6.07) is 2.80. The van der Waals surface area contributed by atoms with Crippen molar-refractivity contribution in [2.24, 2.45) is 18.4 Å². The van der Waals surface area contributed by atoms with Crippen LogP contribution in [-0.2, 0) is 7.05 Å². The van der Waals surface area contributed by atoms with Gasteiger partial charge in [0.25, 0.3) is 5.56 Å². The van der Waals surface area contributed by atoms with Crippen molar-refractivity contribution in [3.05, 3.63) is 58.0 Å². The normalized spacial score (nSPS) is 17.6. The molecule has 1 fully saturated rings. The standard InChI is InChI=1S/C24H30FN5O3/c1-24(2,3)15(14-31)10-20(32)18-12-26-30-9-7-21(27-22(18)30)29-8-5-6-19(29)17-11-16(25)13-28(4)23(17)33/h7,9,11-13,15,19,31H,5-6,8,10,14H2,1-4H3/t15-,19-/m1/s1. The number of pyridine rings is 1. The van der Waals surface area contributed by atoms with E-state index in [1.165, 1.54) is 23.0 Å². The molecule has 1 saturated heterocycles. The zero-order valence-electron chi connectivity index (χ0n) is 19.5. The molecule has 9 heteroatoms. The van der Waals surface area contributed by atoms with Gasteiger partial charge in [0, 0.05) is 44.6 Å². The van der Waals surface area contributed by atoms with Crippen LogP contribution >= 0.6 is 0 Å². The average molecular weight is 456 g/mol. The van der Waals surface area contributed by atoms with Gasteiger partial charge in [-0.15, -0.1) is 0 Å².